The average Bonchev–Trinajstić information content (AvgIpc) is 3.25. The maximum atomic E-state index is 12.0. The zero-order chi connectivity index (χ0) is 21.1. The molecule has 0 atom stereocenters. The standard InChI is InChI=1S/C25H23N3OS/c1-25(2,26)24(29)27-21-14-12-19(13-15-21)22-16-30-23(28-22)20-10-8-18(9-11-20)17-6-4-3-5-7-17/h3-16H,26H2,1-2H3,(H,27,29). The highest BCUT2D eigenvalue weighted by atomic mass is 32.1. The van der Waals surface area contributed by atoms with Crippen LogP contribution in [0.1, 0.15) is 13.8 Å². The summed E-state index contributed by atoms with van der Waals surface area (Å²) in [6.07, 6.45) is 0. The van der Waals surface area contributed by atoms with Gasteiger partial charge in [0.15, 0.2) is 0 Å². The van der Waals surface area contributed by atoms with E-state index in [-0.39, 0.29) is 5.91 Å². The fourth-order valence-electron chi connectivity index (χ4n) is 2.99. The second-order valence-electron chi connectivity index (χ2n) is 7.73. The van der Waals surface area contributed by atoms with E-state index in [0.717, 1.165) is 21.8 Å². The van der Waals surface area contributed by atoms with Gasteiger partial charge in [-0.3, -0.25) is 4.79 Å². The van der Waals surface area contributed by atoms with Crippen LogP contribution >= 0.6 is 11.3 Å². The molecular formula is C25H23N3OS. The molecule has 3 aromatic carbocycles. The van der Waals surface area contributed by atoms with E-state index in [1.54, 1.807) is 25.2 Å². The highest BCUT2D eigenvalue weighted by molar-refractivity contribution is 7.13. The van der Waals surface area contributed by atoms with Gasteiger partial charge in [-0.05, 0) is 37.1 Å². The third-order valence-corrected chi connectivity index (χ3v) is 5.66. The molecule has 1 aromatic heterocycles. The van der Waals surface area contributed by atoms with Crippen molar-refractivity contribution in [1.82, 2.24) is 4.98 Å². The summed E-state index contributed by atoms with van der Waals surface area (Å²) in [6.45, 7) is 3.36. The smallest absolute Gasteiger partial charge is 0.243 e. The van der Waals surface area contributed by atoms with E-state index in [2.05, 4.69) is 47.1 Å². The molecule has 4 rings (SSSR count). The number of benzene rings is 3. The average molecular weight is 414 g/mol. The molecule has 0 spiro atoms. The van der Waals surface area contributed by atoms with Crippen LogP contribution in [0.5, 0.6) is 0 Å². The number of amides is 1. The van der Waals surface area contributed by atoms with Gasteiger partial charge in [-0.15, -0.1) is 11.3 Å². The lowest BCUT2D eigenvalue weighted by Crippen LogP contribution is -2.45. The van der Waals surface area contributed by atoms with E-state index in [1.165, 1.54) is 11.1 Å². The van der Waals surface area contributed by atoms with Crippen molar-refractivity contribution in [2.45, 2.75) is 19.4 Å². The van der Waals surface area contributed by atoms with Crippen molar-refractivity contribution >= 4 is 22.9 Å². The summed E-state index contributed by atoms with van der Waals surface area (Å²) < 4.78 is 0. The highest BCUT2D eigenvalue weighted by Crippen LogP contribution is 2.31. The number of carbonyl (C=O) groups excluding carboxylic acids is 1. The Morgan fingerprint density at radius 3 is 2.03 bits per heavy atom. The number of rotatable bonds is 5. The fraction of sp³-hybridized carbons (Fsp3) is 0.120. The largest absolute Gasteiger partial charge is 0.325 e. The molecule has 5 heteroatoms. The first-order valence-electron chi connectivity index (χ1n) is 9.72. The van der Waals surface area contributed by atoms with Gasteiger partial charge < -0.3 is 11.1 Å². The van der Waals surface area contributed by atoms with Crippen LogP contribution in [0.15, 0.2) is 84.2 Å². The summed E-state index contributed by atoms with van der Waals surface area (Å²) in [7, 11) is 0. The van der Waals surface area contributed by atoms with Crippen LogP contribution in [-0.2, 0) is 4.79 Å². The molecule has 0 aliphatic heterocycles. The number of carbonyl (C=O) groups is 1. The van der Waals surface area contributed by atoms with Crippen LogP contribution in [0.3, 0.4) is 0 Å². The van der Waals surface area contributed by atoms with Crippen LogP contribution in [0.4, 0.5) is 5.69 Å². The van der Waals surface area contributed by atoms with E-state index in [0.29, 0.717) is 5.69 Å². The van der Waals surface area contributed by atoms with Crippen molar-refractivity contribution in [2.75, 3.05) is 5.32 Å². The van der Waals surface area contributed by atoms with Crippen molar-refractivity contribution in [3.05, 3.63) is 84.2 Å². The van der Waals surface area contributed by atoms with Gasteiger partial charge in [0.05, 0.1) is 11.2 Å². The topological polar surface area (TPSA) is 68.0 Å². The van der Waals surface area contributed by atoms with Crippen LogP contribution in [0.2, 0.25) is 0 Å². The molecule has 30 heavy (non-hydrogen) atoms. The summed E-state index contributed by atoms with van der Waals surface area (Å²) >= 11 is 1.62. The molecule has 0 saturated heterocycles. The molecule has 0 aliphatic rings. The molecule has 4 nitrogen and oxygen atoms in total. The van der Waals surface area contributed by atoms with Gasteiger partial charge in [-0.2, -0.15) is 0 Å². The first kappa shape index (κ1) is 20.0. The van der Waals surface area contributed by atoms with Crippen LogP contribution in [-0.4, -0.2) is 16.4 Å². The van der Waals surface area contributed by atoms with E-state index in [9.17, 15) is 4.79 Å². The Bertz CT molecular complexity index is 1140. The minimum Gasteiger partial charge on any atom is -0.325 e. The fourth-order valence-corrected chi connectivity index (χ4v) is 3.83. The van der Waals surface area contributed by atoms with Crippen LogP contribution in [0, 0.1) is 0 Å². The van der Waals surface area contributed by atoms with E-state index in [1.807, 2.05) is 42.5 Å². The number of anilines is 1. The maximum absolute atomic E-state index is 12.0. The Kier molecular flexibility index (Phi) is 5.48. The van der Waals surface area contributed by atoms with E-state index in [4.69, 9.17) is 10.7 Å². The molecule has 0 bridgehead atoms. The minimum atomic E-state index is -0.918. The summed E-state index contributed by atoms with van der Waals surface area (Å²) in [5.74, 6) is -0.217. The number of nitrogens with one attached hydrogen (secondary N) is 1. The molecule has 0 unspecified atom stereocenters. The lowest BCUT2D eigenvalue weighted by Gasteiger charge is -2.17. The van der Waals surface area contributed by atoms with Crippen molar-refractivity contribution in [1.29, 1.82) is 0 Å². The predicted molar refractivity (Wildman–Crippen MR) is 125 cm³/mol. The second kappa shape index (κ2) is 8.22. The van der Waals surface area contributed by atoms with Gasteiger partial charge in [-0.1, -0.05) is 66.7 Å². The van der Waals surface area contributed by atoms with Gasteiger partial charge >= 0.3 is 0 Å². The third-order valence-electron chi connectivity index (χ3n) is 4.77. The normalized spacial score (nSPS) is 11.3. The molecule has 0 fully saturated rings. The summed E-state index contributed by atoms with van der Waals surface area (Å²) in [6, 6.07) is 26.4. The van der Waals surface area contributed by atoms with E-state index >= 15 is 0 Å². The van der Waals surface area contributed by atoms with Crippen molar-refractivity contribution in [3.63, 3.8) is 0 Å². The third kappa shape index (κ3) is 4.48. The number of aromatic nitrogens is 1. The van der Waals surface area contributed by atoms with Crippen molar-refractivity contribution < 1.29 is 4.79 Å². The highest BCUT2D eigenvalue weighted by Gasteiger charge is 2.21. The van der Waals surface area contributed by atoms with Gasteiger partial charge in [-0.25, -0.2) is 4.98 Å². The molecule has 0 saturated carbocycles. The molecule has 3 N–H and O–H groups in total. The number of nitrogens with two attached hydrogens (primary N) is 1. The van der Waals surface area contributed by atoms with Crippen molar-refractivity contribution in [3.8, 4) is 33.0 Å². The van der Waals surface area contributed by atoms with Gasteiger partial charge in [0, 0.05) is 22.2 Å². The second-order valence-corrected chi connectivity index (χ2v) is 8.59. The number of hydrogen-bond acceptors (Lipinski definition) is 4. The molecular weight excluding hydrogens is 390 g/mol. The predicted octanol–water partition coefficient (Wildman–Crippen LogP) is 5.82. The quantitative estimate of drug-likeness (QED) is 0.433. The Hall–Kier alpha value is -3.28. The number of hydrogen-bond donors (Lipinski definition) is 2. The number of thiazole rings is 1. The van der Waals surface area contributed by atoms with Crippen LogP contribution in [0.25, 0.3) is 33.0 Å². The van der Waals surface area contributed by atoms with E-state index < -0.39 is 5.54 Å². The summed E-state index contributed by atoms with van der Waals surface area (Å²) in [5, 5.41) is 5.86. The molecule has 0 aliphatic carbocycles. The Labute approximate surface area is 180 Å². The monoisotopic (exact) mass is 413 g/mol. The van der Waals surface area contributed by atoms with Gasteiger partial charge in [0.1, 0.15) is 5.01 Å². The zero-order valence-corrected chi connectivity index (χ0v) is 17.7. The minimum absolute atomic E-state index is 0.217. The van der Waals surface area contributed by atoms with Crippen LogP contribution < -0.4 is 11.1 Å². The molecule has 1 amide bonds. The summed E-state index contributed by atoms with van der Waals surface area (Å²) in [5.41, 5.74) is 11.0. The molecule has 150 valence electrons. The SMILES string of the molecule is CC(C)(N)C(=O)Nc1ccc(-c2csc(-c3ccc(-c4ccccc4)cc3)n2)cc1. The Morgan fingerprint density at radius 1 is 0.833 bits per heavy atom. The number of nitrogens with zero attached hydrogens (tertiary/aromatic N) is 1. The first-order chi connectivity index (χ1) is 14.4. The van der Waals surface area contributed by atoms with Crippen molar-refractivity contribution in [2.24, 2.45) is 5.73 Å². The molecule has 0 radical (unpaired) electrons. The lowest BCUT2D eigenvalue weighted by molar-refractivity contribution is -0.120. The molecule has 4 aromatic rings. The van der Waals surface area contributed by atoms with Gasteiger partial charge in [0.2, 0.25) is 5.91 Å². The first-order valence-corrected chi connectivity index (χ1v) is 10.6. The summed E-state index contributed by atoms with van der Waals surface area (Å²) in [4.78, 5) is 16.8. The Balaban J connectivity index is 1.49. The Morgan fingerprint density at radius 2 is 1.40 bits per heavy atom. The zero-order valence-electron chi connectivity index (χ0n) is 16.9. The van der Waals surface area contributed by atoms with Gasteiger partial charge in [0.25, 0.3) is 0 Å². The molecule has 1 heterocycles. The maximum Gasteiger partial charge on any atom is 0.243 e. The lowest BCUT2D eigenvalue weighted by atomic mass is 10.0.